The molecule has 2 heterocycles. The van der Waals surface area contributed by atoms with Crippen molar-refractivity contribution in [3.8, 4) is 0 Å². The van der Waals surface area contributed by atoms with Crippen molar-refractivity contribution < 1.29 is 14.7 Å². The van der Waals surface area contributed by atoms with Gasteiger partial charge in [-0.2, -0.15) is 5.06 Å². The monoisotopic (exact) mass is 247 g/mol. The van der Waals surface area contributed by atoms with Crippen LogP contribution in [0.2, 0.25) is 0 Å². The first kappa shape index (κ1) is 14.8. The van der Waals surface area contributed by atoms with E-state index in [1.165, 1.54) is 5.06 Å². The summed E-state index contributed by atoms with van der Waals surface area (Å²) in [4.78, 5) is 2.40. The van der Waals surface area contributed by atoms with Gasteiger partial charge in [0.15, 0.2) is 0 Å². The summed E-state index contributed by atoms with van der Waals surface area (Å²) in [7, 11) is 0. The molecule has 0 spiro atoms. The zero-order chi connectivity index (χ0) is 12.3. The Hall–Kier alpha value is -0.240. The van der Waals surface area contributed by atoms with Gasteiger partial charge < -0.3 is 20.4 Å². The molecule has 0 saturated carbocycles. The van der Waals surface area contributed by atoms with E-state index in [9.17, 15) is 0 Å². The van der Waals surface area contributed by atoms with Crippen LogP contribution in [0.15, 0.2) is 0 Å². The molecule has 17 heavy (non-hydrogen) atoms. The Morgan fingerprint density at radius 3 is 1.88 bits per heavy atom. The van der Waals surface area contributed by atoms with E-state index in [2.05, 4.69) is 4.90 Å². The number of nitrogens with zero attached hydrogens (tertiary/aromatic N) is 2. The minimum atomic E-state index is 0.653. The molecule has 0 aromatic carbocycles. The van der Waals surface area contributed by atoms with Gasteiger partial charge in [0.05, 0.1) is 26.4 Å². The van der Waals surface area contributed by atoms with Crippen molar-refractivity contribution in [3.05, 3.63) is 0 Å². The second-order valence-corrected chi connectivity index (χ2v) is 4.16. The fraction of sp³-hybridized carbons (Fsp3) is 1.00. The van der Waals surface area contributed by atoms with E-state index in [1.807, 2.05) is 0 Å². The van der Waals surface area contributed by atoms with E-state index in [-0.39, 0.29) is 0 Å². The highest BCUT2D eigenvalue weighted by atomic mass is 16.5. The van der Waals surface area contributed by atoms with Crippen molar-refractivity contribution in [1.82, 2.24) is 9.96 Å². The molecule has 6 heteroatoms. The molecule has 3 N–H and O–H groups in total. The zero-order valence-corrected chi connectivity index (χ0v) is 10.5. The smallest absolute Gasteiger partial charge is 0.0617 e. The third-order valence-electron chi connectivity index (χ3n) is 2.77. The Labute approximate surface area is 103 Å². The standard InChI is InChI=1S/C7H16N2O.C4H9NO2/c8-2-1-3-9-4-6-10-7-5-9;6-5-1-3-7-4-2-5/h1-8H2;6H,1-4H2. The maximum absolute atomic E-state index is 8.66. The number of nitrogens with two attached hydrogens (primary N) is 1. The van der Waals surface area contributed by atoms with Crippen molar-refractivity contribution in [2.24, 2.45) is 5.73 Å². The van der Waals surface area contributed by atoms with Crippen LogP contribution in [0.5, 0.6) is 0 Å². The van der Waals surface area contributed by atoms with Crippen LogP contribution in [0.3, 0.4) is 0 Å². The lowest BCUT2D eigenvalue weighted by molar-refractivity contribution is -0.143. The molecule has 2 saturated heterocycles. The van der Waals surface area contributed by atoms with Gasteiger partial charge in [-0.15, -0.1) is 0 Å². The fourth-order valence-electron chi connectivity index (χ4n) is 1.69. The summed E-state index contributed by atoms with van der Waals surface area (Å²) >= 11 is 0. The van der Waals surface area contributed by atoms with E-state index >= 15 is 0 Å². The lowest BCUT2D eigenvalue weighted by atomic mass is 10.3. The minimum Gasteiger partial charge on any atom is -0.379 e. The molecule has 2 aliphatic heterocycles. The molecule has 0 bridgehead atoms. The summed E-state index contributed by atoms with van der Waals surface area (Å²) < 4.78 is 10.1. The first-order valence-electron chi connectivity index (χ1n) is 6.34. The molecular formula is C11H25N3O3. The van der Waals surface area contributed by atoms with Crippen LogP contribution in [0.4, 0.5) is 0 Å². The normalized spacial score (nSPS) is 22.9. The predicted molar refractivity (Wildman–Crippen MR) is 65.1 cm³/mol. The zero-order valence-electron chi connectivity index (χ0n) is 10.5. The second kappa shape index (κ2) is 9.76. The fourth-order valence-corrected chi connectivity index (χ4v) is 1.69. The topological polar surface area (TPSA) is 71.2 Å². The quantitative estimate of drug-likeness (QED) is 0.692. The molecule has 0 radical (unpaired) electrons. The van der Waals surface area contributed by atoms with Crippen LogP contribution in [0.25, 0.3) is 0 Å². The third-order valence-corrected chi connectivity index (χ3v) is 2.77. The van der Waals surface area contributed by atoms with Gasteiger partial charge in [0.2, 0.25) is 0 Å². The first-order valence-corrected chi connectivity index (χ1v) is 6.34. The van der Waals surface area contributed by atoms with Gasteiger partial charge in [-0.05, 0) is 19.5 Å². The van der Waals surface area contributed by atoms with Gasteiger partial charge in [0.1, 0.15) is 0 Å². The Balaban J connectivity index is 0.000000181. The number of hydrogen-bond acceptors (Lipinski definition) is 6. The summed E-state index contributed by atoms with van der Waals surface area (Å²) in [5.41, 5.74) is 5.39. The Kier molecular flexibility index (Phi) is 8.50. The highest BCUT2D eigenvalue weighted by molar-refractivity contribution is 4.61. The molecule has 2 aliphatic rings. The molecule has 0 unspecified atom stereocenters. The highest BCUT2D eigenvalue weighted by Gasteiger charge is 2.08. The SMILES string of the molecule is NCCCN1CCOCC1.ON1CCOCC1. The molecule has 0 amide bonds. The number of morpholine rings is 2. The van der Waals surface area contributed by atoms with Gasteiger partial charge >= 0.3 is 0 Å². The highest BCUT2D eigenvalue weighted by Crippen LogP contribution is 1.96. The molecule has 0 aromatic heterocycles. The molecule has 0 aliphatic carbocycles. The number of ether oxygens (including phenoxy) is 2. The van der Waals surface area contributed by atoms with Crippen LogP contribution in [0.1, 0.15) is 6.42 Å². The van der Waals surface area contributed by atoms with Gasteiger partial charge in [0.25, 0.3) is 0 Å². The maximum Gasteiger partial charge on any atom is 0.0617 e. The van der Waals surface area contributed by atoms with Crippen molar-refractivity contribution >= 4 is 0 Å². The lowest BCUT2D eigenvalue weighted by Gasteiger charge is -2.26. The average molecular weight is 247 g/mol. The summed E-state index contributed by atoms with van der Waals surface area (Å²) in [5.74, 6) is 0. The first-order chi connectivity index (χ1) is 8.33. The summed E-state index contributed by atoms with van der Waals surface area (Å²) in [5, 5.41) is 9.93. The minimum absolute atomic E-state index is 0.653. The van der Waals surface area contributed by atoms with Gasteiger partial charge in [-0.25, -0.2) is 0 Å². The molecule has 0 atom stereocenters. The average Bonchev–Trinajstić information content (AvgIpc) is 2.39. The van der Waals surface area contributed by atoms with Crippen LogP contribution < -0.4 is 5.73 Å². The van der Waals surface area contributed by atoms with E-state index < -0.39 is 0 Å². The van der Waals surface area contributed by atoms with E-state index in [0.29, 0.717) is 26.3 Å². The largest absolute Gasteiger partial charge is 0.379 e. The molecular weight excluding hydrogens is 222 g/mol. The van der Waals surface area contributed by atoms with Gasteiger partial charge in [0, 0.05) is 26.2 Å². The molecule has 6 nitrogen and oxygen atoms in total. The molecule has 0 aromatic rings. The lowest BCUT2D eigenvalue weighted by Crippen LogP contribution is -2.37. The Bertz CT molecular complexity index is 171. The van der Waals surface area contributed by atoms with Gasteiger partial charge in [-0.1, -0.05) is 0 Å². The van der Waals surface area contributed by atoms with Crippen LogP contribution in [-0.2, 0) is 9.47 Å². The molecule has 2 fully saturated rings. The summed E-state index contributed by atoms with van der Waals surface area (Å²) in [6, 6.07) is 0. The van der Waals surface area contributed by atoms with Crippen molar-refractivity contribution in [2.75, 3.05) is 65.7 Å². The number of rotatable bonds is 3. The van der Waals surface area contributed by atoms with E-state index in [1.54, 1.807) is 0 Å². The van der Waals surface area contributed by atoms with Crippen LogP contribution >= 0.6 is 0 Å². The Morgan fingerprint density at radius 2 is 1.47 bits per heavy atom. The van der Waals surface area contributed by atoms with Crippen LogP contribution in [0, 0.1) is 0 Å². The third kappa shape index (κ3) is 7.64. The van der Waals surface area contributed by atoms with Crippen LogP contribution in [-0.4, -0.2) is 80.9 Å². The van der Waals surface area contributed by atoms with Crippen molar-refractivity contribution in [3.63, 3.8) is 0 Å². The predicted octanol–water partition coefficient (Wildman–Crippen LogP) is -0.625. The number of hydroxylamine groups is 2. The van der Waals surface area contributed by atoms with Gasteiger partial charge in [-0.3, -0.25) is 4.90 Å². The van der Waals surface area contributed by atoms with E-state index in [0.717, 1.165) is 45.8 Å². The van der Waals surface area contributed by atoms with Crippen molar-refractivity contribution in [2.45, 2.75) is 6.42 Å². The molecule has 2 rings (SSSR count). The summed E-state index contributed by atoms with van der Waals surface area (Å²) in [6.07, 6.45) is 1.11. The second-order valence-electron chi connectivity index (χ2n) is 4.16. The van der Waals surface area contributed by atoms with Crippen molar-refractivity contribution in [1.29, 1.82) is 0 Å². The molecule has 102 valence electrons. The maximum atomic E-state index is 8.66. The number of hydrogen-bond donors (Lipinski definition) is 2. The Morgan fingerprint density at radius 1 is 0.941 bits per heavy atom. The summed E-state index contributed by atoms with van der Waals surface area (Å²) in [6.45, 7) is 8.53. The van der Waals surface area contributed by atoms with E-state index in [4.69, 9.17) is 20.4 Å².